The lowest BCUT2D eigenvalue weighted by Gasteiger charge is -2.21. The standard InChI is InChI=1S/C27H25FN4O4/c28-21-5-3-4-19(13-21)18-9-7-17(8-10-18)12-22(14-20(16-33)27(35)36)30-26(34)25-15-24(31-32-25)23-6-1-2-11-29-23/h1-11,13,15,20,22,33H,12,14,16H2,(H,30,34)(H,31,32)(H,35,36). The van der Waals surface area contributed by atoms with Crippen LogP contribution in [0.5, 0.6) is 0 Å². The SMILES string of the molecule is O=C(NC(Cc1ccc(-c2cccc(F)c2)cc1)CC(CO)C(=O)O)c1cc(-c2ccccn2)n[nH]1. The van der Waals surface area contributed by atoms with Crippen LogP contribution in [0.2, 0.25) is 0 Å². The van der Waals surface area contributed by atoms with Gasteiger partial charge in [0.25, 0.3) is 5.91 Å². The van der Waals surface area contributed by atoms with Crippen LogP contribution in [0, 0.1) is 11.7 Å². The summed E-state index contributed by atoms with van der Waals surface area (Å²) < 4.78 is 13.6. The highest BCUT2D eigenvalue weighted by Crippen LogP contribution is 2.22. The maximum atomic E-state index is 13.6. The molecule has 2 atom stereocenters. The number of nitrogens with zero attached hydrogens (tertiary/aromatic N) is 2. The lowest BCUT2D eigenvalue weighted by atomic mass is 9.94. The van der Waals surface area contributed by atoms with Gasteiger partial charge in [-0.05, 0) is 59.9 Å². The number of aliphatic hydroxyl groups is 1. The summed E-state index contributed by atoms with van der Waals surface area (Å²) in [7, 11) is 0. The third-order valence-electron chi connectivity index (χ3n) is 5.82. The Kier molecular flexibility index (Phi) is 7.82. The Morgan fingerprint density at radius 1 is 0.972 bits per heavy atom. The third-order valence-corrected chi connectivity index (χ3v) is 5.82. The van der Waals surface area contributed by atoms with Gasteiger partial charge in [-0.2, -0.15) is 5.10 Å². The fourth-order valence-electron chi connectivity index (χ4n) is 3.92. The minimum absolute atomic E-state index is 0.0322. The number of halogens is 1. The molecule has 0 saturated heterocycles. The van der Waals surface area contributed by atoms with Gasteiger partial charge in [-0.25, -0.2) is 4.39 Å². The predicted molar refractivity (Wildman–Crippen MR) is 131 cm³/mol. The predicted octanol–water partition coefficient (Wildman–Crippen LogP) is 3.70. The number of aromatic nitrogens is 3. The number of hydrogen-bond donors (Lipinski definition) is 4. The van der Waals surface area contributed by atoms with Crippen molar-refractivity contribution in [3.8, 4) is 22.5 Å². The van der Waals surface area contributed by atoms with Crippen molar-refractivity contribution in [3.63, 3.8) is 0 Å². The van der Waals surface area contributed by atoms with E-state index < -0.39 is 30.4 Å². The molecule has 0 saturated carbocycles. The van der Waals surface area contributed by atoms with Crippen molar-refractivity contribution in [3.05, 3.63) is 96.1 Å². The van der Waals surface area contributed by atoms with Gasteiger partial charge < -0.3 is 15.5 Å². The lowest BCUT2D eigenvalue weighted by molar-refractivity contribution is -0.143. The number of benzene rings is 2. The Morgan fingerprint density at radius 2 is 1.78 bits per heavy atom. The number of aliphatic hydroxyl groups excluding tert-OH is 1. The highest BCUT2D eigenvalue weighted by molar-refractivity contribution is 5.93. The van der Waals surface area contributed by atoms with Gasteiger partial charge in [-0.15, -0.1) is 0 Å². The quantitative estimate of drug-likeness (QED) is 0.270. The zero-order chi connectivity index (χ0) is 25.5. The highest BCUT2D eigenvalue weighted by atomic mass is 19.1. The molecule has 4 N–H and O–H groups in total. The Balaban J connectivity index is 1.50. The summed E-state index contributed by atoms with van der Waals surface area (Å²) >= 11 is 0. The first kappa shape index (κ1) is 24.7. The largest absolute Gasteiger partial charge is 0.481 e. The third kappa shape index (κ3) is 6.19. The zero-order valence-corrected chi connectivity index (χ0v) is 19.3. The van der Waals surface area contributed by atoms with Crippen molar-refractivity contribution in [1.82, 2.24) is 20.5 Å². The number of carboxylic acid groups (broad SMARTS) is 1. The van der Waals surface area contributed by atoms with E-state index in [0.717, 1.165) is 16.7 Å². The van der Waals surface area contributed by atoms with E-state index in [1.807, 2.05) is 36.4 Å². The molecule has 2 aromatic heterocycles. The number of aromatic amines is 1. The fourth-order valence-corrected chi connectivity index (χ4v) is 3.92. The number of nitrogens with one attached hydrogen (secondary N) is 2. The van der Waals surface area contributed by atoms with E-state index in [9.17, 15) is 24.2 Å². The van der Waals surface area contributed by atoms with E-state index in [2.05, 4.69) is 20.5 Å². The maximum absolute atomic E-state index is 13.6. The van der Waals surface area contributed by atoms with Gasteiger partial charge in [-0.1, -0.05) is 42.5 Å². The molecule has 0 radical (unpaired) electrons. The summed E-state index contributed by atoms with van der Waals surface area (Å²) in [6, 6.07) is 20.0. The number of carbonyl (C=O) groups excluding carboxylic acids is 1. The van der Waals surface area contributed by atoms with Crippen LogP contribution in [0.4, 0.5) is 4.39 Å². The zero-order valence-electron chi connectivity index (χ0n) is 19.3. The first-order valence-electron chi connectivity index (χ1n) is 11.4. The molecule has 0 spiro atoms. The van der Waals surface area contributed by atoms with Crippen molar-refractivity contribution >= 4 is 11.9 Å². The van der Waals surface area contributed by atoms with Crippen LogP contribution < -0.4 is 5.32 Å². The second kappa shape index (κ2) is 11.4. The Hall–Kier alpha value is -4.37. The normalized spacial score (nSPS) is 12.6. The second-order valence-electron chi connectivity index (χ2n) is 8.42. The molecule has 0 aliphatic carbocycles. The molecule has 0 aliphatic heterocycles. The topological polar surface area (TPSA) is 128 Å². The number of aliphatic carboxylic acids is 1. The maximum Gasteiger partial charge on any atom is 0.308 e. The number of H-pyrrole nitrogens is 1. The molecular formula is C27H25FN4O4. The van der Waals surface area contributed by atoms with Gasteiger partial charge in [0.05, 0.1) is 18.2 Å². The lowest BCUT2D eigenvalue weighted by Crippen LogP contribution is -2.40. The molecule has 9 heteroatoms. The van der Waals surface area contributed by atoms with Gasteiger partial charge in [0.1, 0.15) is 17.2 Å². The number of pyridine rings is 1. The molecule has 4 rings (SSSR count). The van der Waals surface area contributed by atoms with Gasteiger partial charge in [0, 0.05) is 12.2 Å². The fraction of sp³-hybridized carbons (Fsp3) is 0.185. The van der Waals surface area contributed by atoms with Crippen molar-refractivity contribution in [1.29, 1.82) is 0 Å². The van der Waals surface area contributed by atoms with Crippen molar-refractivity contribution in [2.75, 3.05) is 6.61 Å². The summed E-state index contributed by atoms with van der Waals surface area (Å²) in [4.78, 5) is 28.7. The van der Waals surface area contributed by atoms with Crippen LogP contribution in [-0.4, -0.2) is 49.9 Å². The van der Waals surface area contributed by atoms with Gasteiger partial charge >= 0.3 is 5.97 Å². The van der Waals surface area contributed by atoms with Crippen LogP contribution in [0.3, 0.4) is 0 Å². The number of rotatable bonds is 10. The molecule has 4 aromatic rings. The summed E-state index contributed by atoms with van der Waals surface area (Å²) in [5.41, 5.74) is 3.73. The van der Waals surface area contributed by atoms with Gasteiger partial charge in [0.15, 0.2) is 0 Å². The first-order valence-corrected chi connectivity index (χ1v) is 11.4. The molecule has 2 unspecified atom stereocenters. The summed E-state index contributed by atoms with van der Waals surface area (Å²) in [5.74, 6) is -2.95. The number of amides is 1. The van der Waals surface area contributed by atoms with Gasteiger partial charge in [0.2, 0.25) is 0 Å². The summed E-state index contributed by atoms with van der Waals surface area (Å²) in [6.07, 6.45) is 1.99. The average molecular weight is 489 g/mol. The molecule has 36 heavy (non-hydrogen) atoms. The highest BCUT2D eigenvalue weighted by Gasteiger charge is 2.24. The molecule has 184 valence electrons. The molecule has 0 aliphatic rings. The smallest absolute Gasteiger partial charge is 0.308 e. The van der Waals surface area contributed by atoms with E-state index in [0.29, 0.717) is 17.8 Å². The molecule has 2 heterocycles. The van der Waals surface area contributed by atoms with E-state index in [1.54, 1.807) is 30.5 Å². The average Bonchev–Trinajstić information content (AvgIpc) is 3.39. The number of carbonyl (C=O) groups is 2. The van der Waals surface area contributed by atoms with E-state index in [-0.39, 0.29) is 17.9 Å². The van der Waals surface area contributed by atoms with Crippen LogP contribution >= 0.6 is 0 Å². The van der Waals surface area contributed by atoms with E-state index >= 15 is 0 Å². The molecule has 1 amide bonds. The van der Waals surface area contributed by atoms with Crippen LogP contribution in [0.25, 0.3) is 22.5 Å². The van der Waals surface area contributed by atoms with Crippen LogP contribution in [-0.2, 0) is 11.2 Å². The minimum Gasteiger partial charge on any atom is -0.481 e. The summed E-state index contributed by atoms with van der Waals surface area (Å²) in [5, 5.41) is 28.7. The van der Waals surface area contributed by atoms with E-state index in [4.69, 9.17) is 0 Å². The van der Waals surface area contributed by atoms with E-state index in [1.165, 1.54) is 12.1 Å². The first-order chi connectivity index (χ1) is 17.4. The molecule has 0 fully saturated rings. The Morgan fingerprint density at radius 3 is 2.44 bits per heavy atom. The molecule has 8 nitrogen and oxygen atoms in total. The number of carboxylic acids is 1. The molecular weight excluding hydrogens is 463 g/mol. The van der Waals surface area contributed by atoms with Crippen molar-refractivity contribution < 1.29 is 24.2 Å². The molecule has 2 aromatic carbocycles. The number of hydrogen-bond acceptors (Lipinski definition) is 5. The van der Waals surface area contributed by atoms with Crippen LogP contribution in [0.15, 0.2) is 79.0 Å². The Labute approximate surface area is 206 Å². The minimum atomic E-state index is -1.14. The monoisotopic (exact) mass is 488 g/mol. The second-order valence-corrected chi connectivity index (χ2v) is 8.42. The van der Waals surface area contributed by atoms with Crippen molar-refractivity contribution in [2.24, 2.45) is 5.92 Å². The van der Waals surface area contributed by atoms with Gasteiger partial charge in [-0.3, -0.25) is 19.7 Å². The molecule has 0 bridgehead atoms. The Bertz CT molecular complexity index is 1330. The van der Waals surface area contributed by atoms with Crippen LogP contribution in [0.1, 0.15) is 22.5 Å². The van der Waals surface area contributed by atoms with Crippen molar-refractivity contribution in [2.45, 2.75) is 18.9 Å². The summed E-state index contributed by atoms with van der Waals surface area (Å²) in [6.45, 7) is -0.548.